The topological polar surface area (TPSA) is 69.9 Å². The van der Waals surface area contributed by atoms with E-state index in [1.54, 1.807) is 35.5 Å². The normalized spacial score (nSPS) is 17.8. The summed E-state index contributed by atoms with van der Waals surface area (Å²) < 4.78 is 0. The number of carbonyl (C=O) groups is 1. The number of amides is 1. The second-order valence-corrected chi connectivity index (χ2v) is 5.74. The van der Waals surface area contributed by atoms with E-state index in [1.807, 2.05) is 12.1 Å². The summed E-state index contributed by atoms with van der Waals surface area (Å²) in [7, 11) is 0. The third-order valence-electron chi connectivity index (χ3n) is 3.25. The molecule has 0 unspecified atom stereocenters. The Kier molecular flexibility index (Phi) is 3.84. The zero-order chi connectivity index (χ0) is 14.7. The Labute approximate surface area is 126 Å². The van der Waals surface area contributed by atoms with E-state index in [-0.39, 0.29) is 11.2 Å². The molecule has 1 aromatic carbocycles. The highest BCUT2D eigenvalue weighted by Crippen LogP contribution is 2.31. The fourth-order valence-corrected chi connectivity index (χ4v) is 3.16. The average molecular weight is 296 g/mol. The van der Waals surface area contributed by atoms with Gasteiger partial charge in [-0.25, -0.2) is 9.97 Å². The van der Waals surface area contributed by atoms with Crippen LogP contribution in [0.5, 0.6) is 0 Å². The quantitative estimate of drug-likeness (QED) is 0.812. The first-order chi connectivity index (χ1) is 10.3. The molecule has 1 aliphatic heterocycles. The van der Waals surface area contributed by atoms with Crippen molar-refractivity contribution in [2.45, 2.75) is 16.8 Å². The molecule has 0 saturated carbocycles. The lowest BCUT2D eigenvalue weighted by atomic mass is 10.2. The molecular formula is C15H12N4OS. The van der Waals surface area contributed by atoms with Crippen molar-refractivity contribution >= 4 is 23.4 Å². The summed E-state index contributed by atoms with van der Waals surface area (Å²) >= 11 is 1.40. The number of carbonyl (C=O) groups excluding carboxylic acids is 1. The number of anilines is 1. The first-order valence-corrected chi connectivity index (χ1v) is 7.41. The number of rotatable bonds is 3. The molecule has 2 aromatic rings. The van der Waals surface area contributed by atoms with Gasteiger partial charge in [-0.2, -0.15) is 5.26 Å². The molecule has 1 fully saturated rings. The highest BCUT2D eigenvalue weighted by molar-refractivity contribution is 8.00. The molecule has 1 amide bonds. The van der Waals surface area contributed by atoms with Gasteiger partial charge in [-0.05, 0) is 36.8 Å². The lowest BCUT2D eigenvalue weighted by Gasteiger charge is -2.16. The minimum absolute atomic E-state index is 0.0668. The second kappa shape index (κ2) is 5.94. The minimum Gasteiger partial charge on any atom is -0.311 e. The van der Waals surface area contributed by atoms with Gasteiger partial charge in [-0.1, -0.05) is 11.8 Å². The largest absolute Gasteiger partial charge is 0.311 e. The molecule has 1 aliphatic rings. The Hall–Kier alpha value is -2.39. The van der Waals surface area contributed by atoms with Gasteiger partial charge in [0.1, 0.15) is 0 Å². The first-order valence-electron chi connectivity index (χ1n) is 6.53. The van der Waals surface area contributed by atoms with E-state index >= 15 is 0 Å². The van der Waals surface area contributed by atoms with E-state index in [2.05, 4.69) is 16.0 Å². The van der Waals surface area contributed by atoms with E-state index in [9.17, 15) is 4.79 Å². The molecule has 1 atom stereocenters. The number of hydrogen-bond acceptors (Lipinski definition) is 5. The summed E-state index contributed by atoms with van der Waals surface area (Å²) in [5.74, 6) is 0.0668. The highest BCUT2D eigenvalue weighted by atomic mass is 32.2. The Morgan fingerprint density at radius 2 is 1.95 bits per heavy atom. The molecule has 5 nitrogen and oxygen atoms in total. The predicted octanol–water partition coefficient (Wildman–Crippen LogP) is 2.25. The third kappa shape index (κ3) is 2.88. The van der Waals surface area contributed by atoms with E-state index in [1.165, 1.54) is 11.8 Å². The number of aromatic nitrogens is 2. The van der Waals surface area contributed by atoms with Crippen molar-refractivity contribution in [2.75, 3.05) is 11.4 Å². The number of thioether (sulfide) groups is 1. The van der Waals surface area contributed by atoms with Crippen LogP contribution >= 0.6 is 11.8 Å². The summed E-state index contributed by atoms with van der Waals surface area (Å²) in [4.78, 5) is 22.5. The van der Waals surface area contributed by atoms with Crippen LogP contribution in [-0.4, -0.2) is 27.7 Å². The molecule has 21 heavy (non-hydrogen) atoms. The maximum atomic E-state index is 12.4. The van der Waals surface area contributed by atoms with Crippen molar-refractivity contribution in [1.82, 2.24) is 9.97 Å². The van der Waals surface area contributed by atoms with Gasteiger partial charge in [0.25, 0.3) is 0 Å². The van der Waals surface area contributed by atoms with Crippen LogP contribution in [0.25, 0.3) is 0 Å². The van der Waals surface area contributed by atoms with E-state index in [0.29, 0.717) is 17.3 Å². The van der Waals surface area contributed by atoms with Crippen LogP contribution in [0.2, 0.25) is 0 Å². The summed E-state index contributed by atoms with van der Waals surface area (Å²) in [6, 6.07) is 10.9. The van der Waals surface area contributed by atoms with Gasteiger partial charge in [0, 0.05) is 24.6 Å². The maximum Gasteiger partial charge on any atom is 0.240 e. The van der Waals surface area contributed by atoms with Crippen molar-refractivity contribution in [3.63, 3.8) is 0 Å². The summed E-state index contributed by atoms with van der Waals surface area (Å²) in [5.41, 5.74) is 1.42. The molecule has 0 N–H and O–H groups in total. The molecular weight excluding hydrogens is 284 g/mol. The van der Waals surface area contributed by atoms with Crippen LogP contribution < -0.4 is 4.90 Å². The van der Waals surface area contributed by atoms with Crippen molar-refractivity contribution in [1.29, 1.82) is 5.26 Å². The zero-order valence-electron chi connectivity index (χ0n) is 11.1. The van der Waals surface area contributed by atoms with Gasteiger partial charge in [-0.3, -0.25) is 4.79 Å². The van der Waals surface area contributed by atoms with Gasteiger partial charge in [0.2, 0.25) is 5.91 Å². The zero-order valence-corrected chi connectivity index (χ0v) is 12.0. The van der Waals surface area contributed by atoms with Crippen LogP contribution in [0.3, 0.4) is 0 Å². The smallest absolute Gasteiger partial charge is 0.240 e. The van der Waals surface area contributed by atoms with E-state index in [0.717, 1.165) is 12.1 Å². The SMILES string of the molecule is N#Cc1ccc(N2CC[C@@H](Sc3ncccn3)C2=O)cc1. The third-order valence-corrected chi connectivity index (χ3v) is 4.40. The molecule has 1 saturated heterocycles. The molecule has 6 heteroatoms. The average Bonchev–Trinajstić information content (AvgIpc) is 2.89. The van der Waals surface area contributed by atoms with Gasteiger partial charge in [-0.15, -0.1) is 0 Å². The Morgan fingerprint density at radius 3 is 2.62 bits per heavy atom. The second-order valence-electron chi connectivity index (χ2n) is 4.58. The number of nitriles is 1. The fourth-order valence-electron chi connectivity index (χ4n) is 2.21. The van der Waals surface area contributed by atoms with Gasteiger partial charge in [0.15, 0.2) is 5.16 Å². The van der Waals surface area contributed by atoms with Crippen LogP contribution in [0.15, 0.2) is 47.9 Å². The maximum absolute atomic E-state index is 12.4. The Morgan fingerprint density at radius 1 is 1.24 bits per heavy atom. The van der Waals surface area contributed by atoms with Gasteiger partial charge in [0.05, 0.1) is 16.9 Å². The number of benzene rings is 1. The Balaban J connectivity index is 1.72. The highest BCUT2D eigenvalue weighted by Gasteiger charge is 2.33. The van der Waals surface area contributed by atoms with Gasteiger partial charge < -0.3 is 4.90 Å². The van der Waals surface area contributed by atoms with Crippen molar-refractivity contribution in [2.24, 2.45) is 0 Å². The molecule has 104 valence electrons. The molecule has 3 rings (SSSR count). The molecule has 0 spiro atoms. The number of hydrogen-bond donors (Lipinski definition) is 0. The van der Waals surface area contributed by atoms with Gasteiger partial charge >= 0.3 is 0 Å². The van der Waals surface area contributed by atoms with Crippen LogP contribution in [-0.2, 0) is 4.79 Å². The first kappa shape index (κ1) is 13.6. The molecule has 2 heterocycles. The monoisotopic (exact) mass is 296 g/mol. The fraction of sp³-hybridized carbons (Fsp3) is 0.200. The van der Waals surface area contributed by atoms with Crippen molar-refractivity contribution in [3.05, 3.63) is 48.3 Å². The lowest BCUT2D eigenvalue weighted by Crippen LogP contribution is -2.28. The molecule has 0 bridgehead atoms. The van der Waals surface area contributed by atoms with Crippen molar-refractivity contribution in [3.8, 4) is 6.07 Å². The van der Waals surface area contributed by atoms with E-state index < -0.39 is 0 Å². The van der Waals surface area contributed by atoms with Crippen LogP contribution in [0, 0.1) is 11.3 Å². The minimum atomic E-state index is -0.150. The lowest BCUT2D eigenvalue weighted by molar-refractivity contribution is -0.116. The number of nitrogens with zero attached hydrogens (tertiary/aromatic N) is 4. The standard InChI is InChI=1S/C15H12N4OS/c16-10-11-2-4-12(5-3-11)19-9-6-13(14(19)20)21-15-17-7-1-8-18-15/h1-5,7-8,13H,6,9H2/t13-/m1/s1. The Bertz CT molecular complexity index is 681. The molecule has 0 aliphatic carbocycles. The summed E-state index contributed by atoms with van der Waals surface area (Å²) in [6.45, 7) is 0.676. The predicted molar refractivity (Wildman–Crippen MR) is 79.8 cm³/mol. The van der Waals surface area contributed by atoms with E-state index in [4.69, 9.17) is 5.26 Å². The molecule has 0 radical (unpaired) electrons. The molecule has 1 aromatic heterocycles. The van der Waals surface area contributed by atoms with Crippen LogP contribution in [0.4, 0.5) is 5.69 Å². The summed E-state index contributed by atoms with van der Waals surface area (Å²) in [6.07, 6.45) is 4.11. The van der Waals surface area contributed by atoms with Crippen LogP contribution in [0.1, 0.15) is 12.0 Å². The van der Waals surface area contributed by atoms with Crippen molar-refractivity contribution < 1.29 is 4.79 Å². The summed E-state index contributed by atoms with van der Waals surface area (Å²) in [5, 5.41) is 9.28.